The van der Waals surface area contributed by atoms with Crippen LogP contribution in [0.15, 0.2) is 23.1 Å². The summed E-state index contributed by atoms with van der Waals surface area (Å²) in [6.07, 6.45) is 0. The van der Waals surface area contributed by atoms with Gasteiger partial charge in [-0.1, -0.05) is 13.0 Å². The maximum absolute atomic E-state index is 5.74. The quantitative estimate of drug-likeness (QED) is 0.541. The molecule has 1 aromatic rings. The SMILES string of the molecule is CCSc1ccc(C)c(N)c1. The van der Waals surface area contributed by atoms with Crippen LogP contribution in [0.3, 0.4) is 0 Å². The number of aryl methyl sites for hydroxylation is 1. The molecule has 1 nitrogen and oxygen atoms in total. The van der Waals surface area contributed by atoms with Crippen molar-refractivity contribution in [2.75, 3.05) is 11.5 Å². The molecule has 0 fully saturated rings. The number of anilines is 1. The van der Waals surface area contributed by atoms with Gasteiger partial charge in [0, 0.05) is 10.6 Å². The maximum atomic E-state index is 5.74. The van der Waals surface area contributed by atoms with Crippen molar-refractivity contribution in [3.05, 3.63) is 23.8 Å². The Bertz CT molecular complexity index is 245. The number of benzene rings is 1. The lowest BCUT2D eigenvalue weighted by atomic mass is 10.2. The van der Waals surface area contributed by atoms with Crippen molar-refractivity contribution in [3.63, 3.8) is 0 Å². The molecule has 0 bridgehead atoms. The highest BCUT2D eigenvalue weighted by atomic mass is 32.2. The van der Waals surface area contributed by atoms with Crippen LogP contribution in [-0.2, 0) is 0 Å². The fourth-order valence-corrected chi connectivity index (χ4v) is 1.58. The van der Waals surface area contributed by atoms with Crippen LogP contribution in [0.2, 0.25) is 0 Å². The Morgan fingerprint density at radius 2 is 2.18 bits per heavy atom. The Hall–Kier alpha value is -0.630. The third-order valence-electron chi connectivity index (χ3n) is 1.56. The second kappa shape index (κ2) is 3.67. The first-order chi connectivity index (χ1) is 5.24. The molecule has 2 heteroatoms. The van der Waals surface area contributed by atoms with Crippen molar-refractivity contribution < 1.29 is 0 Å². The first kappa shape index (κ1) is 8.47. The van der Waals surface area contributed by atoms with Gasteiger partial charge >= 0.3 is 0 Å². The van der Waals surface area contributed by atoms with Crippen LogP contribution >= 0.6 is 11.8 Å². The van der Waals surface area contributed by atoms with Gasteiger partial charge in [-0.25, -0.2) is 0 Å². The number of rotatable bonds is 2. The predicted molar refractivity (Wildman–Crippen MR) is 52.0 cm³/mol. The van der Waals surface area contributed by atoms with Gasteiger partial charge in [0.25, 0.3) is 0 Å². The van der Waals surface area contributed by atoms with Gasteiger partial charge in [-0.2, -0.15) is 0 Å². The molecular weight excluding hydrogens is 154 g/mol. The minimum Gasteiger partial charge on any atom is -0.398 e. The number of hydrogen-bond donors (Lipinski definition) is 1. The normalized spacial score (nSPS) is 10.0. The summed E-state index contributed by atoms with van der Waals surface area (Å²) in [7, 11) is 0. The van der Waals surface area contributed by atoms with Crippen LogP contribution in [0, 0.1) is 6.92 Å². The van der Waals surface area contributed by atoms with Crippen molar-refractivity contribution in [2.45, 2.75) is 18.7 Å². The Kier molecular flexibility index (Phi) is 2.83. The molecule has 0 aliphatic carbocycles. The molecule has 0 aromatic heterocycles. The molecule has 11 heavy (non-hydrogen) atoms. The van der Waals surface area contributed by atoms with E-state index in [-0.39, 0.29) is 0 Å². The smallest absolute Gasteiger partial charge is 0.0354 e. The number of hydrogen-bond acceptors (Lipinski definition) is 2. The fourth-order valence-electron chi connectivity index (χ4n) is 0.875. The molecule has 0 aliphatic heterocycles. The van der Waals surface area contributed by atoms with Gasteiger partial charge in [0.15, 0.2) is 0 Å². The molecule has 1 rings (SSSR count). The van der Waals surface area contributed by atoms with E-state index in [9.17, 15) is 0 Å². The summed E-state index contributed by atoms with van der Waals surface area (Å²) >= 11 is 1.82. The summed E-state index contributed by atoms with van der Waals surface area (Å²) in [6.45, 7) is 4.16. The summed E-state index contributed by atoms with van der Waals surface area (Å²) < 4.78 is 0. The zero-order valence-corrected chi connectivity index (χ0v) is 7.74. The molecule has 0 amide bonds. The van der Waals surface area contributed by atoms with Crippen LogP contribution in [0.5, 0.6) is 0 Å². The molecule has 2 N–H and O–H groups in total. The average molecular weight is 167 g/mol. The van der Waals surface area contributed by atoms with Crippen molar-refractivity contribution in [1.82, 2.24) is 0 Å². The van der Waals surface area contributed by atoms with E-state index in [4.69, 9.17) is 5.73 Å². The highest BCUT2D eigenvalue weighted by Gasteiger charge is 1.94. The van der Waals surface area contributed by atoms with E-state index in [2.05, 4.69) is 19.1 Å². The van der Waals surface area contributed by atoms with Gasteiger partial charge in [0.1, 0.15) is 0 Å². The van der Waals surface area contributed by atoms with Crippen LogP contribution in [0.25, 0.3) is 0 Å². The van der Waals surface area contributed by atoms with Crippen molar-refractivity contribution in [3.8, 4) is 0 Å². The van der Waals surface area contributed by atoms with E-state index >= 15 is 0 Å². The van der Waals surface area contributed by atoms with E-state index < -0.39 is 0 Å². The second-order valence-corrected chi connectivity index (χ2v) is 3.79. The molecule has 0 atom stereocenters. The molecule has 0 unspecified atom stereocenters. The summed E-state index contributed by atoms with van der Waals surface area (Å²) in [5.74, 6) is 1.10. The molecule has 0 heterocycles. The van der Waals surface area contributed by atoms with Gasteiger partial charge in [-0.3, -0.25) is 0 Å². The van der Waals surface area contributed by atoms with E-state index in [0.29, 0.717) is 0 Å². The first-order valence-corrected chi connectivity index (χ1v) is 4.71. The zero-order valence-electron chi connectivity index (χ0n) is 6.92. The monoisotopic (exact) mass is 167 g/mol. The van der Waals surface area contributed by atoms with Gasteiger partial charge in [-0.05, 0) is 30.4 Å². The topological polar surface area (TPSA) is 26.0 Å². The summed E-state index contributed by atoms with van der Waals surface area (Å²) in [6, 6.07) is 6.21. The molecule has 60 valence electrons. The van der Waals surface area contributed by atoms with Gasteiger partial charge < -0.3 is 5.73 Å². The zero-order chi connectivity index (χ0) is 8.27. The molecule has 1 aromatic carbocycles. The Morgan fingerprint density at radius 3 is 2.73 bits per heavy atom. The lowest BCUT2D eigenvalue weighted by Crippen LogP contribution is -1.88. The van der Waals surface area contributed by atoms with Crippen LogP contribution in [-0.4, -0.2) is 5.75 Å². The van der Waals surface area contributed by atoms with Crippen molar-refractivity contribution in [1.29, 1.82) is 0 Å². The van der Waals surface area contributed by atoms with E-state index in [1.807, 2.05) is 24.8 Å². The third kappa shape index (κ3) is 2.15. The van der Waals surface area contributed by atoms with E-state index in [1.54, 1.807) is 0 Å². The largest absolute Gasteiger partial charge is 0.398 e. The summed E-state index contributed by atoms with van der Waals surface area (Å²) in [5.41, 5.74) is 7.79. The maximum Gasteiger partial charge on any atom is 0.0354 e. The van der Waals surface area contributed by atoms with Crippen LogP contribution < -0.4 is 5.73 Å². The molecule has 0 aliphatic rings. The van der Waals surface area contributed by atoms with Crippen molar-refractivity contribution in [2.24, 2.45) is 0 Å². The van der Waals surface area contributed by atoms with Gasteiger partial charge in [0.2, 0.25) is 0 Å². The highest BCUT2D eigenvalue weighted by Crippen LogP contribution is 2.21. The molecule has 0 radical (unpaired) electrons. The average Bonchev–Trinajstić information content (AvgIpc) is 1.98. The van der Waals surface area contributed by atoms with Crippen molar-refractivity contribution >= 4 is 17.4 Å². The van der Waals surface area contributed by atoms with E-state index in [1.165, 1.54) is 4.90 Å². The second-order valence-electron chi connectivity index (χ2n) is 2.45. The van der Waals surface area contributed by atoms with E-state index in [0.717, 1.165) is 17.0 Å². The lowest BCUT2D eigenvalue weighted by molar-refractivity contribution is 1.37. The fraction of sp³-hybridized carbons (Fsp3) is 0.333. The Morgan fingerprint density at radius 1 is 1.45 bits per heavy atom. The Labute approximate surface area is 72.0 Å². The van der Waals surface area contributed by atoms with Crippen LogP contribution in [0.4, 0.5) is 5.69 Å². The minimum absolute atomic E-state index is 0.892. The molecule has 0 saturated carbocycles. The molecular formula is C9H13NS. The van der Waals surface area contributed by atoms with Crippen LogP contribution in [0.1, 0.15) is 12.5 Å². The third-order valence-corrected chi connectivity index (χ3v) is 2.44. The molecule has 0 saturated heterocycles. The summed E-state index contributed by atoms with van der Waals surface area (Å²) in [4.78, 5) is 1.26. The number of thioether (sulfide) groups is 1. The Balaban J connectivity index is 2.86. The standard InChI is InChI=1S/C9H13NS/c1-3-11-8-5-4-7(2)9(10)6-8/h4-6H,3,10H2,1-2H3. The first-order valence-electron chi connectivity index (χ1n) is 3.73. The van der Waals surface area contributed by atoms with Gasteiger partial charge in [-0.15, -0.1) is 11.8 Å². The molecule has 0 spiro atoms. The minimum atomic E-state index is 0.892. The number of nitrogens with two attached hydrogens (primary N) is 1. The summed E-state index contributed by atoms with van der Waals surface area (Å²) in [5, 5.41) is 0. The number of nitrogen functional groups attached to an aromatic ring is 1. The van der Waals surface area contributed by atoms with Gasteiger partial charge in [0.05, 0.1) is 0 Å². The predicted octanol–water partition coefficient (Wildman–Crippen LogP) is 2.69. The highest BCUT2D eigenvalue weighted by molar-refractivity contribution is 7.99. The lowest BCUT2D eigenvalue weighted by Gasteiger charge is -2.02.